The molecule has 0 spiro atoms. The first-order valence-corrected chi connectivity index (χ1v) is 9.09. The molecule has 3 rings (SSSR count). The van der Waals surface area contributed by atoms with Crippen molar-refractivity contribution in [1.82, 2.24) is 29.4 Å². The van der Waals surface area contributed by atoms with Crippen molar-refractivity contribution < 1.29 is 14.3 Å². The number of amides is 3. The summed E-state index contributed by atoms with van der Waals surface area (Å²) < 4.78 is 8.54. The van der Waals surface area contributed by atoms with Gasteiger partial charge in [-0.3, -0.25) is 14.9 Å². The number of anilines is 2. The molecule has 28 heavy (non-hydrogen) atoms. The molecule has 1 fully saturated rings. The van der Waals surface area contributed by atoms with Gasteiger partial charge in [0.1, 0.15) is 5.60 Å². The van der Waals surface area contributed by atoms with Gasteiger partial charge in [0.15, 0.2) is 5.82 Å². The molecule has 0 unspecified atom stereocenters. The Balaban J connectivity index is 1.68. The van der Waals surface area contributed by atoms with E-state index in [0.29, 0.717) is 18.1 Å². The predicted octanol–water partition coefficient (Wildman–Crippen LogP) is 2.26. The Kier molecular flexibility index (Phi) is 5.25. The molecule has 0 aromatic carbocycles. The van der Waals surface area contributed by atoms with Crippen molar-refractivity contribution >= 4 is 23.8 Å². The molecular weight excluding hydrogens is 364 g/mol. The van der Waals surface area contributed by atoms with Crippen LogP contribution in [0.5, 0.6) is 0 Å². The fraction of sp³-hybridized carbons (Fsp3) is 0.588. The van der Waals surface area contributed by atoms with Crippen LogP contribution in [0.1, 0.15) is 45.5 Å². The Bertz CT molecular complexity index is 866. The number of aryl methyl sites for hydroxylation is 2. The topological polar surface area (TPSA) is 119 Å². The molecule has 1 aliphatic rings. The van der Waals surface area contributed by atoms with Gasteiger partial charge in [-0.1, -0.05) is 0 Å². The van der Waals surface area contributed by atoms with Crippen molar-refractivity contribution in [2.24, 2.45) is 14.1 Å². The second-order valence-corrected chi connectivity index (χ2v) is 7.73. The van der Waals surface area contributed by atoms with Crippen LogP contribution in [0.25, 0.3) is 0 Å². The van der Waals surface area contributed by atoms with Gasteiger partial charge in [-0.25, -0.2) is 14.3 Å². The second kappa shape index (κ2) is 7.49. The van der Waals surface area contributed by atoms with Crippen LogP contribution >= 0.6 is 0 Å². The number of nitrogens with zero attached hydrogens (tertiary/aromatic N) is 6. The fourth-order valence-corrected chi connectivity index (χ4v) is 2.98. The summed E-state index contributed by atoms with van der Waals surface area (Å²) in [7, 11) is 3.44. The van der Waals surface area contributed by atoms with Gasteiger partial charge in [0.05, 0.1) is 17.9 Å². The Morgan fingerprint density at radius 1 is 1.25 bits per heavy atom. The van der Waals surface area contributed by atoms with Gasteiger partial charge in [-0.15, -0.1) is 0 Å². The second-order valence-electron chi connectivity index (χ2n) is 7.73. The Hall–Kier alpha value is -3.11. The molecule has 0 aliphatic carbocycles. The number of carbonyl (C=O) groups excluding carboxylic acids is 2. The van der Waals surface area contributed by atoms with Crippen molar-refractivity contribution in [1.29, 1.82) is 0 Å². The van der Waals surface area contributed by atoms with Crippen LogP contribution in [0.4, 0.5) is 21.2 Å². The summed E-state index contributed by atoms with van der Waals surface area (Å²) in [6.45, 7) is 6.08. The minimum absolute atomic E-state index is 0.280. The smallest absolute Gasteiger partial charge is 0.410 e. The standard InChI is InChI=1S/C17H26N8O3/c1-17(2,3)28-16(27)25-8-6-7-12(25)13-20-14(24(5)22-13)21-15(26)19-11-9-18-23(4)10-11/h9-10,12H,6-8H2,1-5H3,(H2,19,20,21,22,26)/t12-/m0/s1. The van der Waals surface area contributed by atoms with Gasteiger partial charge in [-0.2, -0.15) is 15.2 Å². The average Bonchev–Trinajstić information content (AvgIpc) is 3.27. The summed E-state index contributed by atoms with van der Waals surface area (Å²) in [5, 5.41) is 13.7. The van der Waals surface area contributed by atoms with Gasteiger partial charge < -0.3 is 10.1 Å². The van der Waals surface area contributed by atoms with Crippen molar-refractivity contribution in [3.8, 4) is 0 Å². The molecule has 0 saturated carbocycles. The van der Waals surface area contributed by atoms with E-state index in [-0.39, 0.29) is 18.1 Å². The first-order valence-electron chi connectivity index (χ1n) is 9.09. The molecule has 1 saturated heterocycles. The molecule has 2 N–H and O–H groups in total. The molecule has 3 amide bonds. The van der Waals surface area contributed by atoms with Crippen LogP contribution in [-0.4, -0.2) is 53.7 Å². The third-order valence-electron chi connectivity index (χ3n) is 4.15. The van der Waals surface area contributed by atoms with Crippen LogP contribution < -0.4 is 10.6 Å². The highest BCUT2D eigenvalue weighted by atomic mass is 16.6. The molecule has 0 bridgehead atoms. The van der Waals surface area contributed by atoms with Crippen LogP contribution in [0.2, 0.25) is 0 Å². The van der Waals surface area contributed by atoms with E-state index in [4.69, 9.17) is 4.74 Å². The van der Waals surface area contributed by atoms with Crippen molar-refractivity contribution in [2.45, 2.75) is 45.3 Å². The Labute approximate surface area is 163 Å². The Morgan fingerprint density at radius 3 is 2.64 bits per heavy atom. The maximum absolute atomic E-state index is 12.5. The fourth-order valence-electron chi connectivity index (χ4n) is 2.98. The highest BCUT2D eigenvalue weighted by molar-refractivity contribution is 5.98. The van der Waals surface area contributed by atoms with Crippen molar-refractivity contribution in [3.05, 3.63) is 18.2 Å². The SMILES string of the molecule is Cn1cc(NC(=O)Nc2nc([C@@H]3CCCN3C(=O)OC(C)(C)C)nn2C)cn1. The minimum atomic E-state index is -0.571. The third kappa shape index (κ3) is 4.59. The van der Waals surface area contributed by atoms with Crippen molar-refractivity contribution in [2.75, 3.05) is 17.2 Å². The maximum atomic E-state index is 12.5. The zero-order valence-electron chi connectivity index (χ0n) is 16.8. The summed E-state index contributed by atoms with van der Waals surface area (Å²) >= 11 is 0. The molecule has 152 valence electrons. The zero-order valence-corrected chi connectivity index (χ0v) is 16.8. The summed E-state index contributed by atoms with van der Waals surface area (Å²) in [6, 6.07) is -0.733. The van der Waals surface area contributed by atoms with E-state index < -0.39 is 11.6 Å². The number of rotatable bonds is 3. The van der Waals surface area contributed by atoms with E-state index in [2.05, 4.69) is 25.8 Å². The number of ether oxygens (including phenoxy) is 1. The van der Waals surface area contributed by atoms with E-state index in [1.54, 1.807) is 36.1 Å². The number of hydrogen-bond donors (Lipinski definition) is 2. The predicted molar refractivity (Wildman–Crippen MR) is 102 cm³/mol. The largest absolute Gasteiger partial charge is 0.444 e. The number of hydrogen-bond acceptors (Lipinski definition) is 6. The van der Waals surface area contributed by atoms with Crippen LogP contribution in [-0.2, 0) is 18.8 Å². The maximum Gasteiger partial charge on any atom is 0.410 e. The number of urea groups is 1. The lowest BCUT2D eigenvalue weighted by atomic mass is 10.2. The zero-order chi connectivity index (χ0) is 20.5. The van der Waals surface area contributed by atoms with Gasteiger partial charge in [0.2, 0.25) is 5.95 Å². The minimum Gasteiger partial charge on any atom is -0.444 e. The van der Waals surface area contributed by atoms with E-state index in [1.165, 1.54) is 4.68 Å². The molecule has 2 aromatic rings. The van der Waals surface area contributed by atoms with Gasteiger partial charge in [0.25, 0.3) is 0 Å². The van der Waals surface area contributed by atoms with Crippen LogP contribution in [0.15, 0.2) is 12.4 Å². The van der Waals surface area contributed by atoms with E-state index in [0.717, 1.165) is 12.8 Å². The lowest BCUT2D eigenvalue weighted by Crippen LogP contribution is -2.36. The Morgan fingerprint density at radius 2 is 2.00 bits per heavy atom. The summed E-state index contributed by atoms with van der Waals surface area (Å²) in [4.78, 5) is 30.7. The molecule has 11 nitrogen and oxygen atoms in total. The number of aromatic nitrogens is 5. The quantitative estimate of drug-likeness (QED) is 0.830. The van der Waals surface area contributed by atoms with E-state index in [9.17, 15) is 9.59 Å². The first kappa shape index (κ1) is 19.6. The number of likely N-dealkylation sites (tertiary alicyclic amines) is 1. The molecule has 0 radical (unpaired) electrons. The number of nitrogens with one attached hydrogen (secondary N) is 2. The number of carbonyl (C=O) groups is 2. The summed E-state index contributed by atoms with van der Waals surface area (Å²) in [6.07, 6.45) is 4.42. The summed E-state index contributed by atoms with van der Waals surface area (Å²) in [5.41, 5.74) is -0.00641. The van der Waals surface area contributed by atoms with E-state index >= 15 is 0 Å². The monoisotopic (exact) mass is 390 g/mol. The lowest BCUT2D eigenvalue weighted by Gasteiger charge is -2.27. The van der Waals surface area contributed by atoms with Gasteiger partial charge >= 0.3 is 12.1 Å². The molecule has 1 aliphatic heterocycles. The molecule has 11 heteroatoms. The third-order valence-corrected chi connectivity index (χ3v) is 4.15. The normalized spacial score (nSPS) is 16.9. The first-order chi connectivity index (χ1) is 13.1. The molecule has 1 atom stereocenters. The van der Waals surface area contributed by atoms with Crippen LogP contribution in [0.3, 0.4) is 0 Å². The van der Waals surface area contributed by atoms with E-state index in [1.807, 2.05) is 20.8 Å². The van der Waals surface area contributed by atoms with Crippen LogP contribution in [0, 0.1) is 0 Å². The molecule has 3 heterocycles. The highest BCUT2D eigenvalue weighted by Crippen LogP contribution is 2.32. The summed E-state index contributed by atoms with van der Waals surface area (Å²) in [5.74, 6) is 0.759. The average molecular weight is 390 g/mol. The highest BCUT2D eigenvalue weighted by Gasteiger charge is 2.36. The lowest BCUT2D eigenvalue weighted by molar-refractivity contribution is 0.0218. The van der Waals surface area contributed by atoms with Gasteiger partial charge in [0, 0.05) is 26.8 Å². The molecular formula is C17H26N8O3. The van der Waals surface area contributed by atoms with Crippen molar-refractivity contribution in [3.63, 3.8) is 0 Å². The molecule has 2 aromatic heterocycles. The van der Waals surface area contributed by atoms with Gasteiger partial charge in [-0.05, 0) is 33.6 Å².